The number of esters is 1. The molecule has 2 unspecified atom stereocenters. The van der Waals surface area contributed by atoms with E-state index in [-0.39, 0.29) is 70.1 Å². The number of ether oxygens (including phenoxy) is 3. The summed E-state index contributed by atoms with van der Waals surface area (Å²) in [4.78, 5) is 82.1. The Hall–Kier alpha value is -3.72. The number of hydrogen-bond acceptors (Lipinski definition) is 11. The molecule has 20 heteroatoms. The van der Waals surface area contributed by atoms with Gasteiger partial charge in [-0.25, -0.2) is 14.0 Å². The van der Waals surface area contributed by atoms with Gasteiger partial charge in [0.15, 0.2) is 5.52 Å². The Bertz CT molecular complexity index is 1350. The zero-order valence-corrected chi connectivity index (χ0v) is 26.5. The maximum absolute atomic E-state index is 15.0. The second kappa shape index (κ2) is 16.0. The minimum atomic E-state index is -4.80. The van der Waals surface area contributed by atoms with Crippen molar-refractivity contribution in [3.63, 3.8) is 0 Å². The summed E-state index contributed by atoms with van der Waals surface area (Å²) in [7, 11) is -7.55. The summed E-state index contributed by atoms with van der Waals surface area (Å²) in [5.41, 5.74) is -1.20. The molecule has 2 aliphatic rings. The molecule has 250 valence electrons. The fourth-order valence-electron chi connectivity index (χ4n) is 4.50. The Morgan fingerprint density at radius 3 is 2.44 bits per heavy atom. The van der Waals surface area contributed by atoms with Gasteiger partial charge in [-0.1, -0.05) is 0 Å². The van der Waals surface area contributed by atoms with Gasteiger partial charge in [-0.05, 0) is 31.3 Å². The van der Waals surface area contributed by atoms with E-state index in [0.29, 0.717) is 5.69 Å². The first-order chi connectivity index (χ1) is 21.1. The molecule has 2 heterocycles. The van der Waals surface area contributed by atoms with Crippen molar-refractivity contribution in [3.8, 4) is 0 Å². The smallest absolute Gasteiger partial charge is 0.414 e. The molecule has 0 radical (unpaired) electrons. The van der Waals surface area contributed by atoms with Gasteiger partial charge in [-0.15, -0.1) is 0 Å². The Labute approximate surface area is 258 Å². The number of nitrogens with zero attached hydrogens (tertiary/aromatic N) is 3. The van der Waals surface area contributed by atoms with Crippen LogP contribution in [-0.2, 0) is 37.7 Å². The number of benzene rings is 1. The van der Waals surface area contributed by atoms with E-state index in [1.807, 2.05) is 5.32 Å². The molecule has 0 spiro atoms. The number of amides is 4. The minimum absolute atomic E-state index is 0.0299. The average molecular weight is 680 g/mol. The fourth-order valence-corrected chi connectivity index (χ4v) is 7.07. The van der Waals surface area contributed by atoms with Gasteiger partial charge in [-0.3, -0.25) is 23.8 Å². The molecule has 3 atom stereocenters. The third kappa shape index (κ3) is 10.7. The van der Waals surface area contributed by atoms with Crippen molar-refractivity contribution in [2.75, 3.05) is 62.5 Å². The Kier molecular flexibility index (Phi) is 12.7. The molecular weight excluding hydrogens is 643 g/mol. The van der Waals surface area contributed by atoms with Gasteiger partial charge in [0.1, 0.15) is 19.7 Å². The van der Waals surface area contributed by atoms with Gasteiger partial charge in [0.25, 0.3) is 0 Å². The zero-order valence-electron chi connectivity index (χ0n) is 24.6. The number of rotatable bonds is 13. The summed E-state index contributed by atoms with van der Waals surface area (Å²) >= 11 is 0. The first-order valence-electron chi connectivity index (χ1n) is 13.8. The SMILES string of the molecule is CC(=O)NC[C@H]1CN(c2ccc(N3CCN(C(=O)OCOC(=O)CCCC(=O)NC([PH](C)=O)P(=O)(O)O)CC3)c(F)c2)C(=O)O1. The van der Waals surface area contributed by atoms with Gasteiger partial charge in [0.05, 0.1) is 24.5 Å². The molecule has 0 aromatic heterocycles. The highest BCUT2D eigenvalue weighted by atomic mass is 31.2. The molecule has 0 aliphatic carbocycles. The number of hydrogen-bond donors (Lipinski definition) is 4. The molecule has 4 N–H and O–H groups in total. The van der Waals surface area contributed by atoms with Gasteiger partial charge < -0.3 is 49.0 Å². The molecule has 2 fully saturated rings. The number of cyclic esters (lactones) is 1. The molecule has 2 aliphatic heterocycles. The predicted molar refractivity (Wildman–Crippen MR) is 157 cm³/mol. The lowest BCUT2D eigenvalue weighted by atomic mass is 10.2. The van der Waals surface area contributed by atoms with E-state index in [2.05, 4.69) is 5.32 Å². The highest BCUT2D eigenvalue weighted by Crippen LogP contribution is 2.50. The lowest BCUT2D eigenvalue weighted by molar-refractivity contribution is -0.152. The van der Waals surface area contributed by atoms with E-state index in [1.54, 1.807) is 11.0 Å². The van der Waals surface area contributed by atoms with Crippen LogP contribution in [0.5, 0.6) is 0 Å². The number of halogens is 1. The van der Waals surface area contributed by atoms with Crippen LogP contribution in [0.3, 0.4) is 0 Å². The van der Waals surface area contributed by atoms with Crippen molar-refractivity contribution in [1.29, 1.82) is 0 Å². The van der Waals surface area contributed by atoms with Crippen molar-refractivity contribution in [2.24, 2.45) is 0 Å². The molecule has 0 saturated carbocycles. The Balaban J connectivity index is 1.36. The quantitative estimate of drug-likeness (QED) is 0.130. The van der Waals surface area contributed by atoms with E-state index in [0.717, 1.165) is 6.66 Å². The van der Waals surface area contributed by atoms with Gasteiger partial charge >= 0.3 is 25.8 Å². The van der Waals surface area contributed by atoms with Crippen molar-refractivity contribution < 1.29 is 61.5 Å². The van der Waals surface area contributed by atoms with Crippen LogP contribution in [-0.4, -0.2) is 109 Å². The first kappa shape index (κ1) is 35.8. The molecule has 1 aromatic rings. The number of carbonyl (C=O) groups excluding carboxylic acids is 5. The van der Waals surface area contributed by atoms with Crippen LogP contribution in [0.4, 0.5) is 25.4 Å². The Morgan fingerprint density at radius 2 is 1.84 bits per heavy atom. The molecule has 45 heavy (non-hydrogen) atoms. The minimum Gasteiger partial charge on any atom is -0.442 e. The maximum atomic E-state index is 15.0. The third-order valence-corrected chi connectivity index (χ3v) is 10.6. The maximum Gasteiger partial charge on any atom is 0.414 e. The van der Waals surface area contributed by atoms with Crippen LogP contribution in [0.25, 0.3) is 0 Å². The molecule has 4 amide bonds. The molecule has 1 aromatic carbocycles. The first-order valence-corrected chi connectivity index (χ1v) is 17.5. The summed E-state index contributed by atoms with van der Waals surface area (Å²) in [6.45, 7) is 2.99. The monoisotopic (exact) mass is 679 g/mol. The topological polar surface area (TPSA) is 221 Å². The van der Waals surface area contributed by atoms with Gasteiger partial charge in [0, 0.05) is 45.9 Å². The number of nitrogens with one attached hydrogen (secondary N) is 2. The fraction of sp³-hybridized carbons (Fsp3) is 0.560. The molecule has 17 nitrogen and oxygen atoms in total. The number of anilines is 2. The van der Waals surface area contributed by atoms with Crippen LogP contribution >= 0.6 is 15.4 Å². The van der Waals surface area contributed by atoms with Crippen molar-refractivity contribution in [3.05, 3.63) is 24.0 Å². The summed E-state index contributed by atoms with van der Waals surface area (Å²) in [5, 5.41) is 4.59. The summed E-state index contributed by atoms with van der Waals surface area (Å²) in [5.74, 6) is -2.40. The van der Waals surface area contributed by atoms with Crippen LogP contribution < -0.4 is 20.4 Å². The van der Waals surface area contributed by atoms with E-state index in [9.17, 15) is 33.1 Å². The van der Waals surface area contributed by atoms with Crippen LogP contribution in [0.15, 0.2) is 18.2 Å². The highest BCUT2D eigenvalue weighted by Gasteiger charge is 2.34. The third-order valence-electron chi connectivity index (χ3n) is 6.78. The van der Waals surface area contributed by atoms with Crippen molar-refractivity contribution in [1.82, 2.24) is 15.5 Å². The second-order valence-corrected chi connectivity index (χ2v) is 14.2. The number of carbonyl (C=O) groups is 5. The largest absolute Gasteiger partial charge is 0.442 e. The second-order valence-electron chi connectivity index (χ2n) is 10.2. The number of piperazine rings is 1. The normalized spacial score (nSPS) is 18.1. The van der Waals surface area contributed by atoms with Gasteiger partial charge in [0.2, 0.25) is 18.6 Å². The average Bonchev–Trinajstić information content (AvgIpc) is 3.34. The van der Waals surface area contributed by atoms with E-state index in [4.69, 9.17) is 24.0 Å². The molecule has 0 bridgehead atoms. The lowest BCUT2D eigenvalue weighted by Gasteiger charge is -2.35. The van der Waals surface area contributed by atoms with E-state index >= 15 is 4.39 Å². The molecule has 2 saturated heterocycles. The lowest BCUT2D eigenvalue weighted by Crippen LogP contribution is -2.49. The van der Waals surface area contributed by atoms with E-state index < -0.39 is 63.7 Å². The van der Waals surface area contributed by atoms with E-state index in [1.165, 1.54) is 28.9 Å². The van der Waals surface area contributed by atoms with Gasteiger partial charge in [-0.2, -0.15) is 0 Å². The highest BCUT2D eigenvalue weighted by molar-refractivity contribution is 7.67. The summed E-state index contributed by atoms with van der Waals surface area (Å²) in [6, 6.07) is 4.32. The Morgan fingerprint density at radius 1 is 1.16 bits per heavy atom. The van der Waals surface area contributed by atoms with Crippen LogP contribution in [0.2, 0.25) is 0 Å². The zero-order chi connectivity index (χ0) is 33.3. The predicted octanol–water partition coefficient (Wildman–Crippen LogP) is 0.984. The molecular formula is C25H36FN5O12P2. The summed E-state index contributed by atoms with van der Waals surface area (Å²) < 4.78 is 52.9. The van der Waals surface area contributed by atoms with Crippen LogP contribution in [0.1, 0.15) is 26.2 Å². The summed E-state index contributed by atoms with van der Waals surface area (Å²) in [6.07, 6.45) is -2.52. The molecule has 3 rings (SSSR count). The van der Waals surface area contributed by atoms with Crippen molar-refractivity contribution in [2.45, 2.75) is 37.8 Å². The standard InChI is InChI=1S/C25H36FN5O12P2/c1-16(32)27-13-18-14-31(25(36)43-18)17-6-7-20(19(26)12-17)29-8-10-30(11-9-29)24(35)42-15-41-22(34)5-3-4-21(33)28-23(44(2)37)45(38,39)40/h6-7,12,18,23,44H,3-5,8-11,13-15H2,1-2H3,(H,27,32)(H,28,33)(H2,38,39,40)/t18-,23?/m0/s1. The van der Waals surface area contributed by atoms with Crippen molar-refractivity contribution >= 4 is 56.7 Å². The van der Waals surface area contributed by atoms with Crippen LogP contribution in [0, 0.1) is 5.82 Å².